The lowest BCUT2D eigenvalue weighted by Gasteiger charge is -2.43. The van der Waals surface area contributed by atoms with Gasteiger partial charge in [-0.3, -0.25) is 19.3 Å². The van der Waals surface area contributed by atoms with E-state index in [0.29, 0.717) is 10.7 Å². The molecule has 2 saturated carbocycles. The molecule has 2 amide bonds. The van der Waals surface area contributed by atoms with Gasteiger partial charge in [-0.05, 0) is 66.5 Å². The number of imide groups is 1. The summed E-state index contributed by atoms with van der Waals surface area (Å²) in [6.07, 6.45) is 0.894. The topological polar surface area (TPSA) is 70.2 Å². The molecule has 2 aliphatic carbocycles. The monoisotopic (exact) mass is 508 g/mol. The Morgan fingerprint density at radius 1 is 0.971 bits per heavy atom. The molecular formula is C26H21ClN2O3S2. The zero-order valence-electron chi connectivity index (χ0n) is 18.2. The smallest absolute Gasteiger partial charge is 0.305 e. The van der Waals surface area contributed by atoms with Gasteiger partial charge < -0.3 is 4.98 Å². The molecule has 7 atom stereocenters. The highest BCUT2D eigenvalue weighted by Crippen LogP contribution is 2.68. The van der Waals surface area contributed by atoms with Gasteiger partial charge in [0.05, 0.1) is 22.5 Å². The number of hydrogen-bond donors (Lipinski definition) is 1. The van der Waals surface area contributed by atoms with Crippen LogP contribution in [0.2, 0.25) is 5.02 Å². The summed E-state index contributed by atoms with van der Waals surface area (Å²) < 4.78 is 0. The van der Waals surface area contributed by atoms with E-state index in [1.165, 1.54) is 27.4 Å². The average molecular weight is 509 g/mol. The van der Waals surface area contributed by atoms with E-state index < -0.39 is 0 Å². The van der Waals surface area contributed by atoms with E-state index in [2.05, 4.69) is 30.1 Å². The van der Waals surface area contributed by atoms with Gasteiger partial charge in [-0.1, -0.05) is 47.2 Å². The van der Waals surface area contributed by atoms with E-state index in [4.69, 9.17) is 11.6 Å². The van der Waals surface area contributed by atoms with Crippen molar-refractivity contribution in [2.75, 3.05) is 4.90 Å². The molecule has 2 aromatic carbocycles. The Morgan fingerprint density at radius 2 is 1.68 bits per heavy atom. The first-order valence-electron chi connectivity index (χ1n) is 11.5. The molecule has 1 N–H and O–H groups in total. The molecule has 4 aliphatic rings. The lowest BCUT2D eigenvalue weighted by Crippen LogP contribution is -2.42. The molecule has 34 heavy (non-hydrogen) atoms. The van der Waals surface area contributed by atoms with Crippen LogP contribution in [0.3, 0.4) is 0 Å². The molecule has 1 aromatic heterocycles. The molecule has 2 bridgehead atoms. The molecule has 172 valence electrons. The molecule has 0 spiro atoms. The number of thiazole rings is 1. The number of carbonyl (C=O) groups excluding carboxylic acids is 2. The van der Waals surface area contributed by atoms with Gasteiger partial charge in [-0.2, -0.15) is 0 Å². The molecule has 1 saturated heterocycles. The van der Waals surface area contributed by atoms with Crippen LogP contribution >= 0.6 is 34.7 Å². The number of halogens is 1. The van der Waals surface area contributed by atoms with Gasteiger partial charge in [0.25, 0.3) is 0 Å². The third-order valence-electron chi connectivity index (χ3n) is 8.33. The zero-order valence-corrected chi connectivity index (χ0v) is 20.6. The van der Waals surface area contributed by atoms with Crippen LogP contribution in [0.25, 0.3) is 0 Å². The highest BCUT2D eigenvalue weighted by Gasteiger charge is 2.69. The van der Waals surface area contributed by atoms with Crippen LogP contribution in [-0.2, 0) is 9.59 Å². The standard InChI is InChI=1S/C26H21ClN2O3S2/c1-11-4-2-3-5-14(11)17-18-15-10-16(21(18)33-23-22(17)34-26(32)28-23)20-19(15)24(30)29(25(20)31)13-8-6-12(27)7-9-13/h2-9,15-21H,10H2,1H3,(H,28,32)/t15-,16+,17+,18-,19+,20+,21-/m0/s1. The molecule has 0 radical (unpaired) electrons. The number of benzene rings is 2. The van der Waals surface area contributed by atoms with E-state index in [0.717, 1.165) is 16.3 Å². The molecule has 5 nitrogen and oxygen atoms in total. The number of fused-ring (bicyclic) bond motifs is 9. The van der Waals surface area contributed by atoms with Crippen molar-refractivity contribution in [1.29, 1.82) is 0 Å². The third kappa shape index (κ3) is 2.72. The first-order valence-corrected chi connectivity index (χ1v) is 13.6. The number of rotatable bonds is 2. The molecule has 7 rings (SSSR count). The van der Waals surface area contributed by atoms with Crippen molar-refractivity contribution in [1.82, 2.24) is 4.98 Å². The second-order valence-electron chi connectivity index (χ2n) is 9.81. The minimum atomic E-state index is -0.293. The SMILES string of the molecule is Cc1ccccc1[C@H]1c2sc(=O)[nH]c2S[C@H]2[C@@H]3C[C@H]([C@H]4C(=O)N(c5ccc(Cl)cc5)C(=O)[C@H]34)[C@@H]12. The van der Waals surface area contributed by atoms with Crippen LogP contribution in [0.15, 0.2) is 58.4 Å². The maximum Gasteiger partial charge on any atom is 0.305 e. The van der Waals surface area contributed by atoms with Gasteiger partial charge in [0.2, 0.25) is 11.8 Å². The first kappa shape index (κ1) is 21.0. The molecule has 0 unspecified atom stereocenters. The fourth-order valence-corrected chi connectivity index (χ4v) is 10.2. The van der Waals surface area contributed by atoms with Crippen molar-refractivity contribution in [3.05, 3.63) is 79.2 Å². The highest BCUT2D eigenvalue weighted by atomic mass is 35.5. The van der Waals surface area contributed by atoms with Crippen LogP contribution in [0.5, 0.6) is 0 Å². The molecule has 3 heterocycles. The number of anilines is 1. The second kappa shape index (κ2) is 7.33. The quantitative estimate of drug-likeness (QED) is 0.490. The van der Waals surface area contributed by atoms with Gasteiger partial charge in [0.15, 0.2) is 0 Å². The number of thioether (sulfide) groups is 1. The van der Waals surface area contributed by atoms with Crippen LogP contribution in [-0.4, -0.2) is 22.0 Å². The number of carbonyl (C=O) groups is 2. The summed E-state index contributed by atoms with van der Waals surface area (Å²) >= 11 is 9.06. The van der Waals surface area contributed by atoms with E-state index in [1.807, 2.05) is 6.07 Å². The third-order valence-corrected chi connectivity index (χ3v) is 11.2. The Morgan fingerprint density at radius 3 is 2.41 bits per heavy atom. The predicted octanol–water partition coefficient (Wildman–Crippen LogP) is 5.08. The summed E-state index contributed by atoms with van der Waals surface area (Å²) in [7, 11) is 0. The predicted molar refractivity (Wildman–Crippen MR) is 134 cm³/mol. The molecule has 8 heteroatoms. The summed E-state index contributed by atoms with van der Waals surface area (Å²) in [5.74, 6) is -0.207. The van der Waals surface area contributed by atoms with E-state index in [9.17, 15) is 14.4 Å². The Balaban J connectivity index is 1.34. The number of hydrogen-bond acceptors (Lipinski definition) is 5. The number of H-pyrrole nitrogens is 1. The van der Waals surface area contributed by atoms with Crippen LogP contribution < -0.4 is 9.77 Å². The van der Waals surface area contributed by atoms with Gasteiger partial charge in [0.1, 0.15) is 0 Å². The Labute approximate surface area is 209 Å². The Bertz CT molecular complexity index is 1410. The number of aromatic amines is 1. The van der Waals surface area contributed by atoms with Crippen molar-refractivity contribution in [3.63, 3.8) is 0 Å². The number of nitrogens with one attached hydrogen (secondary N) is 1. The maximum absolute atomic E-state index is 13.7. The number of nitrogens with zero attached hydrogens (tertiary/aromatic N) is 1. The van der Waals surface area contributed by atoms with Crippen LogP contribution in [0.1, 0.15) is 28.3 Å². The summed E-state index contributed by atoms with van der Waals surface area (Å²) in [5.41, 5.74) is 3.02. The van der Waals surface area contributed by atoms with Gasteiger partial charge in [-0.15, -0.1) is 11.8 Å². The van der Waals surface area contributed by atoms with Crippen molar-refractivity contribution in [3.8, 4) is 0 Å². The maximum atomic E-state index is 13.7. The van der Waals surface area contributed by atoms with Crippen LogP contribution in [0, 0.1) is 36.5 Å². The Kier molecular flexibility index (Phi) is 4.52. The van der Waals surface area contributed by atoms with E-state index in [1.54, 1.807) is 36.0 Å². The average Bonchev–Trinajstić information content (AvgIpc) is 3.54. The number of aromatic nitrogens is 1. The first-order chi connectivity index (χ1) is 16.4. The van der Waals surface area contributed by atoms with Crippen molar-refractivity contribution >= 4 is 52.2 Å². The molecule has 3 fully saturated rings. The van der Waals surface area contributed by atoms with Crippen molar-refractivity contribution < 1.29 is 9.59 Å². The molecule has 3 aromatic rings. The zero-order chi connectivity index (χ0) is 23.3. The highest BCUT2D eigenvalue weighted by molar-refractivity contribution is 8.00. The fourth-order valence-electron chi connectivity index (χ4n) is 7.15. The molecular weight excluding hydrogens is 488 g/mol. The van der Waals surface area contributed by atoms with Gasteiger partial charge in [0, 0.05) is 21.1 Å². The van der Waals surface area contributed by atoms with Gasteiger partial charge in [-0.25, -0.2) is 0 Å². The van der Waals surface area contributed by atoms with Crippen molar-refractivity contribution in [2.45, 2.75) is 29.5 Å². The minimum absolute atomic E-state index is 0.0373. The van der Waals surface area contributed by atoms with Crippen LogP contribution in [0.4, 0.5) is 5.69 Å². The number of aryl methyl sites for hydroxylation is 1. The minimum Gasteiger partial charge on any atom is -0.307 e. The van der Waals surface area contributed by atoms with E-state index >= 15 is 0 Å². The summed E-state index contributed by atoms with van der Waals surface area (Å²) in [6.45, 7) is 2.11. The summed E-state index contributed by atoms with van der Waals surface area (Å²) in [5, 5.41) is 1.72. The lowest BCUT2D eigenvalue weighted by molar-refractivity contribution is -0.123. The summed E-state index contributed by atoms with van der Waals surface area (Å²) in [4.78, 5) is 45.2. The normalized spacial score (nSPS) is 33.2. The number of amides is 2. The largest absolute Gasteiger partial charge is 0.307 e. The summed E-state index contributed by atoms with van der Waals surface area (Å²) in [6, 6.07) is 15.3. The Hall–Kier alpha value is -2.35. The van der Waals surface area contributed by atoms with Crippen molar-refractivity contribution in [2.24, 2.45) is 29.6 Å². The lowest BCUT2D eigenvalue weighted by atomic mass is 9.67. The molecule has 2 aliphatic heterocycles. The second-order valence-corrected chi connectivity index (χ2v) is 12.4. The fraction of sp³-hybridized carbons (Fsp3) is 0.346. The van der Waals surface area contributed by atoms with E-state index in [-0.39, 0.29) is 57.4 Å². The van der Waals surface area contributed by atoms with Gasteiger partial charge >= 0.3 is 4.87 Å².